The van der Waals surface area contributed by atoms with Crippen molar-refractivity contribution in [3.05, 3.63) is 23.2 Å². The average Bonchev–Trinajstić information content (AvgIpc) is 2.70. The molecule has 1 atom stereocenters. The molecule has 96 valence electrons. The highest BCUT2D eigenvalue weighted by atomic mass is 35.5. The van der Waals surface area contributed by atoms with Crippen LogP contribution in [0.25, 0.3) is 0 Å². The molecular formula is C12H12ClNO4. The molecule has 1 saturated heterocycles. The fourth-order valence-corrected chi connectivity index (χ4v) is 2.16. The Morgan fingerprint density at radius 3 is 2.78 bits per heavy atom. The molecule has 1 N–H and O–H groups in total. The standard InChI is InChI=1S/C12H12ClNO4/c1-18-10-4-8(13)3-9(5-10)14-6-7(12(16)17)2-11(14)15/h3-5,7H,2,6H2,1H3,(H,16,17). The van der Waals surface area contributed by atoms with E-state index in [2.05, 4.69) is 0 Å². The van der Waals surface area contributed by atoms with Crippen molar-refractivity contribution in [3.63, 3.8) is 0 Å². The first kappa shape index (κ1) is 12.7. The number of amides is 1. The van der Waals surface area contributed by atoms with Gasteiger partial charge in [0.05, 0.1) is 13.0 Å². The number of hydrogen-bond acceptors (Lipinski definition) is 3. The molecule has 0 aliphatic carbocycles. The quantitative estimate of drug-likeness (QED) is 0.908. The summed E-state index contributed by atoms with van der Waals surface area (Å²) in [6.07, 6.45) is 0.0180. The molecule has 0 spiro atoms. The molecule has 1 aromatic rings. The van der Waals surface area contributed by atoms with Crippen LogP contribution < -0.4 is 9.64 Å². The Balaban J connectivity index is 2.29. The Bertz CT molecular complexity index is 503. The molecule has 1 amide bonds. The number of aliphatic carboxylic acids is 1. The number of nitrogens with zero attached hydrogens (tertiary/aromatic N) is 1. The number of anilines is 1. The van der Waals surface area contributed by atoms with E-state index in [9.17, 15) is 9.59 Å². The molecule has 1 aromatic carbocycles. The fraction of sp³-hybridized carbons (Fsp3) is 0.333. The molecule has 1 aliphatic rings. The van der Waals surface area contributed by atoms with Gasteiger partial charge in [0, 0.05) is 29.7 Å². The maximum absolute atomic E-state index is 11.8. The van der Waals surface area contributed by atoms with Crippen molar-refractivity contribution in [1.82, 2.24) is 0 Å². The summed E-state index contributed by atoms with van der Waals surface area (Å²) < 4.78 is 5.07. The van der Waals surface area contributed by atoms with Crippen LogP contribution in [0.2, 0.25) is 5.02 Å². The second kappa shape index (κ2) is 4.86. The predicted octanol–water partition coefficient (Wildman–Crippen LogP) is 1.79. The van der Waals surface area contributed by atoms with E-state index in [-0.39, 0.29) is 18.9 Å². The van der Waals surface area contributed by atoms with Gasteiger partial charge < -0.3 is 14.7 Å². The van der Waals surface area contributed by atoms with Gasteiger partial charge in [-0.05, 0) is 12.1 Å². The topological polar surface area (TPSA) is 66.8 Å². The minimum Gasteiger partial charge on any atom is -0.497 e. The first-order valence-corrected chi connectivity index (χ1v) is 5.77. The van der Waals surface area contributed by atoms with Crippen LogP contribution >= 0.6 is 11.6 Å². The highest BCUT2D eigenvalue weighted by Gasteiger charge is 2.35. The van der Waals surface area contributed by atoms with Crippen molar-refractivity contribution in [2.45, 2.75) is 6.42 Å². The number of carbonyl (C=O) groups is 2. The molecule has 0 bridgehead atoms. The van der Waals surface area contributed by atoms with Crippen LogP contribution in [0, 0.1) is 5.92 Å². The molecule has 2 rings (SSSR count). The van der Waals surface area contributed by atoms with E-state index in [4.69, 9.17) is 21.4 Å². The number of halogens is 1. The molecule has 1 heterocycles. The normalized spacial score (nSPS) is 19.1. The Morgan fingerprint density at radius 1 is 1.50 bits per heavy atom. The zero-order chi connectivity index (χ0) is 13.3. The lowest BCUT2D eigenvalue weighted by atomic mass is 10.1. The van der Waals surface area contributed by atoms with E-state index in [0.717, 1.165) is 0 Å². The van der Waals surface area contributed by atoms with Gasteiger partial charge in [-0.1, -0.05) is 11.6 Å². The van der Waals surface area contributed by atoms with E-state index in [0.29, 0.717) is 16.5 Å². The van der Waals surface area contributed by atoms with Crippen LogP contribution in [-0.4, -0.2) is 30.6 Å². The minimum absolute atomic E-state index is 0.0180. The predicted molar refractivity (Wildman–Crippen MR) is 66.1 cm³/mol. The summed E-state index contributed by atoms with van der Waals surface area (Å²) in [7, 11) is 1.50. The van der Waals surface area contributed by atoms with Crippen molar-refractivity contribution < 1.29 is 19.4 Å². The van der Waals surface area contributed by atoms with Gasteiger partial charge in [0.15, 0.2) is 0 Å². The minimum atomic E-state index is -0.958. The average molecular weight is 270 g/mol. The third-order valence-corrected chi connectivity index (χ3v) is 3.10. The van der Waals surface area contributed by atoms with E-state index in [1.165, 1.54) is 12.0 Å². The van der Waals surface area contributed by atoms with Gasteiger partial charge >= 0.3 is 5.97 Å². The Kier molecular flexibility index (Phi) is 3.43. The summed E-state index contributed by atoms with van der Waals surface area (Å²) in [5.74, 6) is -1.31. The zero-order valence-corrected chi connectivity index (χ0v) is 10.5. The molecule has 18 heavy (non-hydrogen) atoms. The first-order valence-electron chi connectivity index (χ1n) is 5.39. The second-order valence-electron chi connectivity index (χ2n) is 4.09. The third-order valence-electron chi connectivity index (χ3n) is 2.88. The highest BCUT2D eigenvalue weighted by molar-refractivity contribution is 6.31. The SMILES string of the molecule is COc1cc(Cl)cc(N2CC(C(=O)O)CC2=O)c1. The molecule has 5 nitrogen and oxygen atoms in total. The van der Waals surface area contributed by atoms with Gasteiger partial charge in [-0.3, -0.25) is 9.59 Å². The molecule has 0 aromatic heterocycles. The smallest absolute Gasteiger partial charge is 0.308 e. The highest BCUT2D eigenvalue weighted by Crippen LogP contribution is 2.31. The van der Waals surface area contributed by atoms with Gasteiger partial charge in [-0.2, -0.15) is 0 Å². The number of carbonyl (C=O) groups excluding carboxylic acids is 1. The number of ether oxygens (including phenoxy) is 1. The van der Waals surface area contributed by atoms with Gasteiger partial charge in [-0.25, -0.2) is 0 Å². The Labute approximate surface area is 109 Å². The zero-order valence-electron chi connectivity index (χ0n) is 9.72. The van der Waals surface area contributed by atoms with Crippen LogP contribution in [0.1, 0.15) is 6.42 Å². The molecule has 1 unspecified atom stereocenters. The molecular weight excluding hydrogens is 258 g/mol. The van der Waals surface area contributed by atoms with Crippen molar-refractivity contribution in [2.75, 3.05) is 18.6 Å². The number of carboxylic acids is 1. The maximum atomic E-state index is 11.8. The summed E-state index contributed by atoms with van der Waals surface area (Å²) in [5, 5.41) is 9.36. The molecule has 0 saturated carbocycles. The van der Waals surface area contributed by atoms with Crippen LogP contribution in [-0.2, 0) is 9.59 Å². The Hall–Kier alpha value is -1.75. The number of benzene rings is 1. The number of hydrogen-bond donors (Lipinski definition) is 1. The summed E-state index contributed by atoms with van der Waals surface area (Å²) in [5.41, 5.74) is 0.563. The number of rotatable bonds is 3. The molecule has 1 aliphatic heterocycles. The largest absolute Gasteiger partial charge is 0.497 e. The van der Waals surface area contributed by atoms with Crippen LogP contribution in [0.5, 0.6) is 5.75 Å². The molecule has 6 heteroatoms. The maximum Gasteiger partial charge on any atom is 0.308 e. The van der Waals surface area contributed by atoms with Gasteiger partial charge in [0.1, 0.15) is 5.75 Å². The summed E-state index contributed by atoms with van der Waals surface area (Å²) >= 11 is 5.92. The van der Waals surface area contributed by atoms with E-state index in [1.54, 1.807) is 18.2 Å². The van der Waals surface area contributed by atoms with Crippen LogP contribution in [0.4, 0.5) is 5.69 Å². The van der Waals surface area contributed by atoms with Crippen molar-refractivity contribution in [2.24, 2.45) is 5.92 Å². The number of carboxylic acid groups (broad SMARTS) is 1. The monoisotopic (exact) mass is 269 g/mol. The lowest BCUT2D eigenvalue weighted by Gasteiger charge is -2.17. The molecule has 1 fully saturated rings. The van der Waals surface area contributed by atoms with Gasteiger partial charge in [-0.15, -0.1) is 0 Å². The lowest BCUT2D eigenvalue weighted by molar-refractivity contribution is -0.141. The van der Waals surface area contributed by atoms with Crippen LogP contribution in [0.15, 0.2) is 18.2 Å². The number of methoxy groups -OCH3 is 1. The Morgan fingerprint density at radius 2 is 2.22 bits per heavy atom. The van der Waals surface area contributed by atoms with E-state index < -0.39 is 11.9 Å². The molecule has 0 radical (unpaired) electrons. The summed E-state index contributed by atoms with van der Waals surface area (Å²) in [4.78, 5) is 24.1. The van der Waals surface area contributed by atoms with Gasteiger partial charge in [0.2, 0.25) is 5.91 Å². The van der Waals surface area contributed by atoms with Crippen molar-refractivity contribution in [3.8, 4) is 5.75 Å². The first-order chi connectivity index (χ1) is 8.51. The lowest BCUT2D eigenvalue weighted by Crippen LogP contribution is -2.25. The van der Waals surface area contributed by atoms with Gasteiger partial charge in [0.25, 0.3) is 0 Å². The summed E-state index contributed by atoms with van der Waals surface area (Å²) in [6.45, 7) is 0.164. The van der Waals surface area contributed by atoms with Crippen LogP contribution in [0.3, 0.4) is 0 Å². The third kappa shape index (κ3) is 2.41. The second-order valence-corrected chi connectivity index (χ2v) is 4.53. The fourth-order valence-electron chi connectivity index (χ4n) is 1.94. The van der Waals surface area contributed by atoms with Crippen molar-refractivity contribution in [1.29, 1.82) is 0 Å². The van der Waals surface area contributed by atoms with E-state index in [1.807, 2.05) is 0 Å². The summed E-state index contributed by atoms with van der Waals surface area (Å²) in [6, 6.07) is 4.90. The van der Waals surface area contributed by atoms with E-state index >= 15 is 0 Å². The van der Waals surface area contributed by atoms with Crippen molar-refractivity contribution >= 4 is 29.2 Å².